The van der Waals surface area contributed by atoms with E-state index in [4.69, 9.17) is 11.6 Å². The van der Waals surface area contributed by atoms with Gasteiger partial charge in [-0.2, -0.15) is 0 Å². The third-order valence-corrected chi connectivity index (χ3v) is 1.70. The highest BCUT2D eigenvalue weighted by Crippen LogP contribution is 2.13. The van der Waals surface area contributed by atoms with Crippen molar-refractivity contribution in [1.82, 2.24) is 0 Å². The van der Waals surface area contributed by atoms with Crippen LogP contribution in [0.5, 0.6) is 0 Å². The van der Waals surface area contributed by atoms with Crippen LogP contribution in [0.25, 0.3) is 0 Å². The molecule has 0 heterocycles. The molecule has 5 heteroatoms. The fraction of sp³-hybridized carbons (Fsp3) is 0. The minimum Gasteiger partial charge on any atom is -0.755 e. The zero-order chi connectivity index (χ0) is 8.27. The van der Waals surface area contributed by atoms with Crippen LogP contribution < -0.4 is 4.72 Å². The number of nitrogens with one attached hydrogen (secondary N) is 1. The molecule has 0 saturated heterocycles. The van der Waals surface area contributed by atoms with Gasteiger partial charge in [-0.05, 0) is 24.3 Å². The summed E-state index contributed by atoms with van der Waals surface area (Å²) in [5.74, 6) is 0. The van der Waals surface area contributed by atoms with Crippen molar-refractivity contribution < 1.29 is 8.76 Å². The molecule has 1 N–H and O–H groups in total. The summed E-state index contributed by atoms with van der Waals surface area (Å²) in [6.07, 6.45) is 0. The van der Waals surface area contributed by atoms with E-state index in [-0.39, 0.29) is 0 Å². The van der Waals surface area contributed by atoms with E-state index in [1.807, 2.05) is 0 Å². The van der Waals surface area contributed by atoms with Crippen LogP contribution in [0.4, 0.5) is 5.69 Å². The lowest BCUT2D eigenvalue weighted by Gasteiger charge is -2.07. The smallest absolute Gasteiger partial charge is 0.0453 e. The Kier molecular flexibility index (Phi) is 2.87. The van der Waals surface area contributed by atoms with E-state index in [1.165, 1.54) is 0 Å². The lowest BCUT2D eigenvalue weighted by Crippen LogP contribution is -2.01. The number of hydrogen-bond acceptors (Lipinski definition) is 2. The molecule has 1 aromatic rings. The molecule has 1 atom stereocenters. The average molecular weight is 191 g/mol. The maximum absolute atomic E-state index is 10.1. The number of rotatable bonds is 2. The van der Waals surface area contributed by atoms with E-state index in [1.54, 1.807) is 24.3 Å². The molecule has 60 valence electrons. The monoisotopic (exact) mass is 190 g/mol. The summed E-state index contributed by atoms with van der Waals surface area (Å²) in [5, 5.41) is 0.576. The second-order valence-electron chi connectivity index (χ2n) is 1.84. The van der Waals surface area contributed by atoms with Crippen LogP contribution in [0.1, 0.15) is 0 Å². The summed E-state index contributed by atoms with van der Waals surface area (Å²) in [5.41, 5.74) is 0.503. The standard InChI is InChI=1S/C6H6ClNO2S/c7-5-1-3-6(4-2-5)8-11(9)10/h1-4,8H,(H,9,10)/p-1. The number of hydrogen-bond donors (Lipinski definition) is 1. The van der Waals surface area contributed by atoms with Gasteiger partial charge in [0.05, 0.1) is 0 Å². The number of anilines is 1. The van der Waals surface area contributed by atoms with Crippen LogP contribution in [-0.4, -0.2) is 8.76 Å². The van der Waals surface area contributed by atoms with E-state index in [2.05, 4.69) is 4.72 Å². The predicted molar refractivity (Wildman–Crippen MR) is 44.0 cm³/mol. The van der Waals surface area contributed by atoms with Gasteiger partial charge in [0.15, 0.2) is 0 Å². The molecular weight excluding hydrogens is 186 g/mol. The fourth-order valence-corrected chi connectivity index (χ4v) is 1.07. The van der Waals surface area contributed by atoms with Gasteiger partial charge in [0, 0.05) is 22.0 Å². The third-order valence-electron chi connectivity index (χ3n) is 1.05. The van der Waals surface area contributed by atoms with Crippen molar-refractivity contribution in [3.8, 4) is 0 Å². The fourth-order valence-electron chi connectivity index (χ4n) is 0.614. The van der Waals surface area contributed by atoms with Gasteiger partial charge < -0.3 is 9.27 Å². The SMILES string of the molecule is O=S([O-])Nc1ccc(Cl)cc1. The van der Waals surface area contributed by atoms with E-state index in [0.717, 1.165) is 0 Å². The van der Waals surface area contributed by atoms with Gasteiger partial charge in [-0.3, -0.25) is 4.21 Å². The maximum Gasteiger partial charge on any atom is 0.0453 e. The van der Waals surface area contributed by atoms with Gasteiger partial charge in [-0.1, -0.05) is 11.6 Å². The minimum absolute atomic E-state index is 0.503. The van der Waals surface area contributed by atoms with Crippen LogP contribution in [0, 0.1) is 0 Å². The van der Waals surface area contributed by atoms with E-state index in [9.17, 15) is 8.76 Å². The maximum atomic E-state index is 10.1. The molecule has 0 aliphatic carbocycles. The largest absolute Gasteiger partial charge is 0.755 e. The summed E-state index contributed by atoms with van der Waals surface area (Å²) >= 11 is 3.30. The molecule has 0 aliphatic heterocycles. The average Bonchev–Trinajstić information content (AvgIpc) is 1.93. The van der Waals surface area contributed by atoms with Gasteiger partial charge in [-0.15, -0.1) is 0 Å². The van der Waals surface area contributed by atoms with Gasteiger partial charge in [0.1, 0.15) is 0 Å². The Morgan fingerprint density at radius 3 is 2.36 bits per heavy atom. The highest BCUT2D eigenvalue weighted by molar-refractivity contribution is 7.80. The molecule has 1 unspecified atom stereocenters. The molecule has 0 saturated carbocycles. The van der Waals surface area contributed by atoms with E-state index < -0.39 is 11.3 Å². The van der Waals surface area contributed by atoms with Gasteiger partial charge in [0.25, 0.3) is 0 Å². The molecule has 0 bridgehead atoms. The lowest BCUT2D eigenvalue weighted by atomic mass is 10.3. The van der Waals surface area contributed by atoms with Crippen LogP contribution in [0.2, 0.25) is 5.02 Å². The second-order valence-corrected chi connectivity index (χ2v) is 2.95. The summed E-state index contributed by atoms with van der Waals surface area (Å²) in [7, 11) is 0. The van der Waals surface area contributed by atoms with Crippen LogP contribution in [0.3, 0.4) is 0 Å². The van der Waals surface area contributed by atoms with Gasteiger partial charge in [-0.25, -0.2) is 0 Å². The summed E-state index contributed by atoms with van der Waals surface area (Å²) in [4.78, 5) is 0. The highest BCUT2D eigenvalue weighted by Gasteiger charge is 1.89. The molecule has 11 heavy (non-hydrogen) atoms. The van der Waals surface area contributed by atoms with Crippen molar-refractivity contribution in [2.24, 2.45) is 0 Å². The second kappa shape index (κ2) is 3.71. The molecule has 0 aliphatic rings. The third kappa shape index (κ3) is 2.88. The first-order chi connectivity index (χ1) is 5.18. The summed E-state index contributed by atoms with van der Waals surface area (Å²) < 4.78 is 22.4. The van der Waals surface area contributed by atoms with Gasteiger partial charge in [0.2, 0.25) is 0 Å². The first kappa shape index (κ1) is 8.52. The quantitative estimate of drug-likeness (QED) is 0.720. The van der Waals surface area contributed by atoms with Crippen molar-refractivity contribution in [2.45, 2.75) is 0 Å². The molecule has 0 amide bonds. The van der Waals surface area contributed by atoms with E-state index >= 15 is 0 Å². The molecule has 0 aromatic heterocycles. The predicted octanol–water partition coefficient (Wildman–Crippen LogP) is 1.55. The first-order valence-corrected chi connectivity index (χ1v) is 4.25. The molecule has 1 rings (SSSR count). The van der Waals surface area contributed by atoms with Crippen molar-refractivity contribution in [3.63, 3.8) is 0 Å². The van der Waals surface area contributed by atoms with Gasteiger partial charge >= 0.3 is 0 Å². The summed E-state index contributed by atoms with van der Waals surface area (Å²) in [6, 6.07) is 6.38. The first-order valence-electron chi connectivity index (χ1n) is 2.80. The normalized spacial score (nSPS) is 12.5. The number of benzene rings is 1. The van der Waals surface area contributed by atoms with Crippen LogP contribution in [-0.2, 0) is 11.3 Å². The minimum atomic E-state index is -2.27. The Bertz CT molecular complexity index is 262. The van der Waals surface area contributed by atoms with Crippen molar-refractivity contribution in [3.05, 3.63) is 29.3 Å². The Morgan fingerprint density at radius 1 is 1.36 bits per heavy atom. The van der Waals surface area contributed by atoms with Crippen molar-refractivity contribution in [1.29, 1.82) is 0 Å². The molecule has 0 spiro atoms. The zero-order valence-corrected chi connectivity index (χ0v) is 6.98. The Balaban J connectivity index is 2.74. The Morgan fingerprint density at radius 2 is 1.91 bits per heavy atom. The molecular formula is C6H5ClNO2S-. The molecule has 0 radical (unpaired) electrons. The Hall–Kier alpha value is -0.580. The van der Waals surface area contributed by atoms with Crippen LogP contribution >= 0.6 is 11.6 Å². The van der Waals surface area contributed by atoms with E-state index in [0.29, 0.717) is 10.7 Å². The molecule has 3 nitrogen and oxygen atoms in total. The summed E-state index contributed by atoms with van der Waals surface area (Å²) in [6.45, 7) is 0. The molecule has 0 fully saturated rings. The highest BCUT2D eigenvalue weighted by atomic mass is 35.5. The Labute approximate surface area is 71.8 Å². The number of halogens is 1. The topological polar surface area (TPSA) is 52.2 Å². The van der Waals surface area contributed by atoms with Crippen molar-refractivity contribution in [2.75, 3.05) is 4.72 Å². The lowest BCUT2D eigenvalue weighted by molar-refractivity contribution is 0.542. The van der Waals surface area contributed by atoms with Crippen molar-refractivity contribution >= 4 is 28.6 Å². The zero-order valence-electron chi connectivity index (χ0n) is 5.41. The van der Waals surface area contributed by atoms with Crippen LogP contribution in [0.15, 0.2) is 24.3 Å². The molecule has 1 aromatic carbocycles.